The Labute approximate surface area is 519 Å². The number of esters is 1. The second-order valence-corrected chi connectivity index (χ2v) is 25.8. The number of nitrogens with one attached hydrogen (secondary N) is 1. The molecule has 0 heterocycles. The van der Waals surface area contributed by atoms with Crippen LogP contribution < -0.4 is 5.32 Å². The molecule has 84 heavy (non-hydrogen) atoms. The van der Waals surface area contributed by atoms with Crippen LogP contribution in [0.4, 0.5) is 0 Å². The summed E-state index contributed by atoms with van der Waals surface area (Å²) in [6.45, 7) is 6.85. The fourth-order valence-electron chi connectivity index (χ4n) is 9.62. The number of carbonyl (C=O) groups is 2. The molecule has 0 saturated carbocycles. The van der Waals surface area contributed by atoms with E-state index in [9.17, 15) is 19.0 Å². The molecule has 2 N–H and O–H groups in total. The van der Waals surface area contributed by atoms with E-state index >= 15 is 0 Å². The summed E-state index contributed by atoms with van der Waals surface area (Å²) in [4.78, 5) is 37.8. The van der Waals surface area contributed by atoms with Crippen molar-refractivity contribution in [3.8, 4) is 0 Å². The van der Waals surface area contributed by atoms with E-state index in [2.05, 4.69) is 123 Å². The third kappa shape index (κ3) is 63.2. The average Bonchev–Trinajstić information content (AvgIpc) is 3.64. The standard InChI is InChI=1S/C74H131N2O7P/c1-7-10-13-16-19-22-25-28-30-32-34-35-36-37-38-39-40-41-43-45-47-49-52-55-58-61-64-67-74(78)83-72(65-62-59-56-53-50-27-24-21-18-15-12-9-3)71(70-82-84(79,80)81-69-68-76(4,5)6)75-73(77)66-63-60-57-54-51-48-46-44-42-33-31-29-26-23-20-17-14-11-8-2/h11,14,19-20,22-23,28-31,34-35,42,44,48,51,62,65,71-72H,7-10,12-13,15-18,21,24-27,32-33,36-41,43,45-47,49-50,52-61,63-64,66-70H2,1-6H3,(H-,75,77,79,80)/p+1/b14-11-,22-19-,23-20-,30-28-,31-29-,35-34-,44-42-,51-48-,65-62-. The largest absolute Gasteiger partial charge is 0.472 e. The predicted octanol–water partition coefficient (Wildman–Crippen LogP) is 22.1. The van der Waals surface area contributed by atoms with Gasteiger partial charge in [-0.2, -0.15) is 0 Å². The highest BCUT2D eigenvalue weighted by Gasteiger charge is 2.30. The number of rotatable bonds is 62. The first-order chi connectivity index (χ1) is 40.9. The van der Waals surface area contributed by atoms with Crippen LogP contribution in [0.3, 0.4) is 0 Å². The van der Waals surface area contributed by atoms with Crippen molar-refractivity contribution in [1.82, 2.24) is 5.32 Å². The summed E-state index contributed by atoms with van der Waals surface area (Å²) in [5.74, 6) is -0.543. The molecule has 0 aliphatic carbocycles. The van der Waals surface area contributed by atoms with Gasteiger partial charge in [-0.05, 0) is 115 Å². The molecule has 3 atom stereocenters. The van der Waals surface area contributed by atoms with Crippen LogP contribution in [0.15, 0.2) is 109 Å². The van der Waals surface area contributed by atoms with E-state index in [1.165, 1.54) is 154 Å². The van der Waals surface area contributed by atoms with E-state index in [0.717, 1.165) is 103 Å². The minimum Gasteiger partial charge on any atom is -0.456 e. The van der Waals surface area contributed by atoms with Crippen molar-refractivity contribution in [2.45, 2.75) is 309 Å². The van der Waals surface area contributed by atoms with Gasteiger partial charge in [0, 0.05) is 12.8 Å². The molecule has 0 aliphatic heterocycles. The summed E-state index contributed by atoms with van der Waals surface area (Å²) in [5.41, 5.74) is 0. The van der Waals surface area contributed by atoms with E-state index in [4.69, 9.17) is 13.8 Å². The Morgan fingerprint density at radius 2 is 0.762 bits per heavy atom. The Bertz CT molecular complexity index is 1810. The van der Waals surface area contributed by atoms with Gasteiger partial charge in [0.2, 0.25) is 5.91 Å². The number of hydrogen-bond acceptors (Lipinski definition) is 6. The van der Waals surface area contributed by atoms with Gasteiger partial charge >= 0.3 is 13.8 Å². The van der Waals surface area contributed by atoms with Crippen LogP contribution in [0.25, 0.3) is 0 Å². The number of allylic oxidation sites excluding steroid dienone is 17. The molecule has 484 valence electrons. The monoisotopic (exact) mass is 1190 g/mol. The number of likely N-dealkylation sites (N-methyl/N-ethyl adjacent to an activating group) is 1. The van der Waals surface area contributed by atoms with Gasteiger partial charge in [-0.1, -0.05) is 278 Å². The molecule has 0 bridgehead atoms. The lowest BCUT2D eigenvalue weighted by Gasteiger charge is -2.27. The van der Waals surface area contributed by atoms with Gasteiger partial charge in [0.05, 0.1) is 33.8 Å². The van der Waals surface area contributed by atoms with Crippen molar-refractivity contribution < 1.29 is 37.3 Å². The Hall–Kier alpha value is -3.33. The lowest BCUT2D eigenvalue weighted by molar-refractivity contribution is -0.870. The number of phosphoric acid groups is 1. The van der Waals surface area contributed by atoms with Crippen LogP contribution in [0.1, 0.15) is 297 Å². The first-order valence-corrected chi connectivity index (χ1v) is 36.2. The maximum atomic E-state index is 13.6. The summed E-state index contributed by atoms with van der Waals surface area (Å²) in [7, 11) is 1.46. The first kappa shape index (κ1) is 80.7. The number of phosphoric ester groups is 1. The lowest BCUT2D eigenvalue weighted by Crippen LogP contribution is -2.47. The zero-order chi connectivity index (χ0) is 61.4. The van der Waals surface area contributed by atoms with E-state index in [1.807, 2.05) is 33.3 Å². The molecule has 0 saturated heterocycles. The van der Waals surface area contributed by atoms with Crippen LogP contribution in [0.5, 0.6) is 0 Å². The van der Waals surface area contributed by atoms with Gasteiger partial charge in [0.1, 0.15) is 19.3 Å². The van der Waals surface area contributed by atoms with E-state index in [-0.39, 0.29) is 37.9 Å². The van der Waals surface area contributed by atoms with Crippen molar-refractivity contribution in [3.05, 3.63) is 109 Å². The molecule has 0 aromatic rings. The fraction of sp³-hybridized carbons (Fsp3) is 0.730. The van der Waals surface area contributed by atoms with Crippen molar-refractivity contribution in [3.63, 3.8) is 0 Å². The third-order valence-electron chi connectivity index (χ3n) is 14.9. The number of amides is 1. The highest BCUT2D eigenvalue weighted by Crippen LogP contribution is 2.43. The van der Waals surface area contributed by atoms with Crippen molar-refractivity contribution >= 4 is 19.7 Å². The maximum Gasteiger partial charge on any atom is 0.472 e. The first-order valence-electron chi connectivity index (χ1n) is 34.7. The molecule has 9 nitrogen and oxygen atoms in total. The van der Waals surface area contributed by atoms with Crippen LogP contribution in [0, 0.1) is 0 Å². The fourth-order valence-corrected chi connectivity index (χ4v) is 10.4. The molecule has 1 amide bonds. The SMILES string of the molecule is CC/C=C\C/C=C\C/C=C\C/C=C\C/C=C\CCCCCC(=O)NC(COP(=O)(O)OCC[N+](C)(C)C)C(/C=C\CCCCCCCCCCCC)OC(=O)CCCCCCCCCCCCCCCC/C=C\C/C=C\C/C=C\CCCCC. The molecular formula is C74H132N2O7P+. The zero-order valence-electron chi connectivity index (χ0n) is 55.4. The Morgan fingerprint density at radius 3 is 1.18 bits per heavy atom. The van der Waals surface area contributed by atoms with Gasteiger partial charge in [-0.25, -0.2) is 4.57 Å². The quantitative estimate of drug-likeness (QED) is 0.0205. The summed E-state index contributed by atoms with van der Waals surface area (Å²) in [5, 5.41) is 3.05. The van der Waals surface area contributed by atoms with Crippen LogP contribution in [0.2, 0.25) is 0 Å². The number of ether oxygens (including phenoxy) is 1. The highest BCUT2D eigenvalue weighted by molar-refractivity contribution is 7.47. The van der Waals surface area contributed by atoms with Crippen molar-refractivity contribution in [2.75, 3.05) is 40.9 Å². The van der Waals surface area contributed by atoms with Crippen LogP contribution >= 0.6 is 7.82 Å². The molecule has 0 radical (unpaired) electrons. The molecule has 0 aliphatic rings. The maximum absolute atomic E-state index is 13.6. The third-order valence-corrected chi connectivity index (χ3v) is 15.9. The van der Waals surface area contributed by atoms with E-state index in [1.54, 1.807) is 0 Å². The Balaban J connectivity index is 5.11. The minimum atomic E-state index is -4.47. The van der Waals surface area contributed by atoms with Crippen LogP contribution in [-0.4, -0.2) is 74.3 Å². The smallest absolute Gasteiger partial charge is 0.456 e. The summed E-state index contributed by atoms with van der Waals surface area (Å²) >= 11 is 0. The second-order valence-electron chi connectivity index (χ2n) is 24.3. The van der Waals surface area contributed by atoms with Gasteiger partial charge in [0.15, 0.2) is 0 Å². The van der Waals surface area contributed by atoms with Gasteiger partial charge < -0.3 is 19.4 Å². The topological polar surface area (TPSA) is 111 Å². The molecule has 0 spiro atoms. The molecule has 0 fully saturated rings. The van der Waals surface area contributed by atoms with Crippen LogP contribution in [-0.2, 0) is 27.9 Å². The molecular weight excluding hydrogens is 1060 g/mol. The Morgan fingerprint density at radius 1 is 0.429 bits per heavy atom. The zero-order valence-corrected chi connectivity index (χ0v) is 56.3. The number of quaternary nitrogens is 1. The number of hydrogen-bond donors (Lipinski definition) is 2. The van der Waals surface area contributed by atoms with Gasteiger partial charge in [0.25, 0.3) is 0 Å². The molecule has 0 aromatic carbocycles. The normalized spacial score (nSPS) is 14.2. The van der Waals surface area contributed by atoms with E-state index in [0.29, 0.717) is 17.4 Å². The molecule has 0 aromatic heterocycles. The summed E-state index contributed by atoms with van der Waals surface area (Å²) in [6, 6.07) is -0.873. The summed E-state index contributed by atoms with van der Waals surface area (Å²) < 4.78 is 30.8. The molecule has 0 rings (SSSR count). The Kier molecular flexibility index (Phi) is 60.2. The highest BCUT2D eigenvalue weighted by atomic mass is 31.2. The summed E-state index contributed by atoms with van der Waals surface area (Å²) in [6.07, 6.45) is 86.7. The molecule has 3 unspecified atom stereocenters. The minimum absolute atomic E-state index is 0.0290. The van der Waals surface area contributed by atoms with E-state index < -0.39 is 20.0 Å². The number of unbranched alkanes of at least 4 members (excludes halogenated alkanes) is 30. The average molecular weight is 1190 g/mol. The lowest BCUT2D eigenvalue weighted by atomic mass is 10.0. The van der Waals surface area contributed by atoms with Gasteiger partial charge in [-0.3, -0.25) is 18.6 Å². The van der Waals surface area contributed by atoms with Gasteiger partial charge in [-0.15, -0.1) is 0 Å². The number of nitrogens with zero attached hydrogens (tertiary/aromatic N) is 1. The number of carbonyl (C=O) groups excluding carboxylic acids is 2. The van der Waals surface area contributed by atoms with Crippen molar-refractivity contribution in [2.24, 2.45) is 0 Å². The molecule has 10 heteroatoms. The second kappa shape index (κ2) is 62.7. The van der Waals surface area contributed by atoms with Crippen molar-refractivity contribution in [1.29, 1.82) is 0 Å². The predicted molar refractivity (Wildman–Crippen MR) is 364 cm³/mol.